The van der Waals surface area contributed by atoms with Gasteiger partial charge in [-0.3, -0.25) is 0 Å². The quantitative estimate of drug-likeness (QED) is 0.712. The third kappa shape index (κ3) is 2.90. The van der Waals surface area contributed by atoms with Crippen LogP contribution in [0.25, 0.3) is 0 Å². The third-order valence-electron chi connectivity index (χ3n) is 5.20. The molecule has 0 aromatic heterocycles. The summed E-state index contributed by atoms with van der Waals surface area (Å²) in [6.07, 6.45) is -0.640. The maximum Gasteiger partial charge on any atom is 0.229 e. The Morgan fingerprint density at radius 2 is 1.96 bits per heavy atom. The summed E-state index contributed by atoms with van der Waals surface area (Å²) in [4.78, 5) is 0. The van der Waals surface area contributed by atoms with Gasteiger partial charge in [0.1, 0.15) is 24.9 Å². The fourth-order valence-corrected chi connectivity index (χ4v) is 3.89. The van der Waals surface area contributed by atoms with Crippen LogP contribution >= 0.6 is 0 Å². The van der Waals surface area contributed by atoms with Crippen molar-refractivity contribution in [1.82, 2.24) is 0 Å². The van der Waals surface area contributed by atoms with Gasteiger partial charge in [-0.1, -0.05) is 13.8 Å². The fourth-order valence-electron chi connectivity index (χ4n) is 3.89. The minimum absolute atomic E-state index is 0.00361. The lowest BCUT2D eigenvalue weighted by Crippen LogP contribution is -2.74. The maximum absolute atomic E-state index is 11.6. The highest BCUT2D eigenvalue weighted by atomic mass is 16.8. The number of aliphatic hydroxyl groups is 2. The Balaban J connectivity index is 1.86. The zero-order valence-corrected chi connectivity index (χ0v) is 15.2. The molecule has 140 valence electrons. The molecule has 7 heteroatoms. The van der Waals surface area contributed by atoms with E-state index in [1.165, 1.54) is 7.11 Å². The lowest BCUT2D eigenvalue weighted by atomic mass is 9.77. The first-order valence-corrected chi connectivity index (χ1v) is 8.72. The van der Waals surface area contributed by atoms with E-state index in [-0.39, 0.29) is 19.3 Å². The van der Waals surface area contributed by atoms with Crippen LogP contribution in [0.2, 0.25) is 0 Å². The molecule has 3 rings (SSSR count). The molecule has 3 aliphatic heterocycles. The predicted octanol–water partition coefficient (Wildman–Crippen LogP) is 0.806. The normalized spacial score (nSPS) is 47.5. The van der Waals surface area contributed by atoms with E-state index in [0.29, 0.717) is 5.92 Å². The molecule has 6 atom stereocenters. The van der Waals surface area contributed by atoms with Crippen molar-refractivity contribution < 1.29 is 33.9 Å². The largest absolute Gasteiger partial charge is 0.388 e. The molecule has 0 aromatic rings. The Bertz CT molecular complexity index is 468. The summed E-state index contributed by atoms with van der Waals surface area (Å²) in [5.41, 5.74) is -1.64. The highest BCUT2D eigenvalue weighted by molar-refractivity contribution is 5.18. The van der Waals surface area contributed by atoms with E-state index < -0.39 is 35.5 Å². The standard InChI is InChI=1S/C17H30O7/c1-10(2)6-7-12-14(23-12)17(19)13(20-5)11(18)8-21-16(17)9-22-15(3,4)24-16/h10-14,18-19H,6-9H2,1-5H3/t11-,12+,13-,14+,16+,17+/m1/s1. The molecule has 3 saturated heterocycles. The number of hydrogen-bond donors (Lipinski definition) is 2. The van der Waals surface area contributed by atoms with Crippen molar-refractivity contribution in [2.45, 2.75) is 82.1 Å². The van der Waals surface area contributed by atoms with Crippen LogP contribution in [0.15, 0.2) is 0 Å². The second-order valence-electron chi connectivity index (χ2n) is 7.97. The van der Waals surface area contributed by atoms with Crippen LogP contribution in [0.1, 0.15) is 40.5 Å². The summed E-state index contributed by atoms with van der Waals surface area (Å²) in [5, 5.41) is 21.9. The first-order chi connectivity index (χ1) is 11.2. The summed E-state index contributed by atoms with van der Waals surface area (Å²) < 4.78 is 28.7. The van der Waals surface area contributed by atoms with Crippen molar-refractivity contribution in [3.8, 4) is 0 Å². The van der Waals surface area contributed by atoms with E-state index >= 15 is 0 Å². The van der Waals surface area contributed by atoms with Crippen LogP contribution in [0.4, 0.5) is 0 Å². The zero-order valence-electron chi connectivity index (χ0n) is 15.2. The molecule has 3 fully saturated rings. The zero-order chi connectivity index (χ0) is 17.8. The van der Waals surface area contributed by atoms with Crippen molar-refractivity contribution in [2.24, 2.45) is 5.92 Å². The van der Waals surface area contributed by atoms with E-state index in [1.807, 2.05) is 0 Å². The van der Waals surface area contributed by atoms with Gasteiger partial charge in [-0.25, -0.2) is 0 Å². The van der Waals surface area contributed by atoms with Gasteiger partial charge in [0, 0.05) is 7.11 Å². The SMILES string of the molecule is CO[C@@H]1[C@H](O)CO[C@]2(COC(C)(C)O2)[C@@]1(O)[C@H]1O[C@H]1CCC(C)C. The lowest BCUT2D eigenvalue weighted by molar-refractivity contribution is -0.383. The molecule has 0 saturated carbocycles. The van der Waals surface area contributed by atoms with Gasteiger partial charge < -0.3 is 33.9 Å². The Kier molecular flexibility index (Phi) is 4.75. The summed E-state index contributed by atoms with van der Waals surface area (Å²) in [7, 11) is 1.46. The Morgan fingerprint density at radius 3 is 2.50 bits per heavy atom. The lowest BCUT2D eigenvalue weighted by Gasteiger charge is -2.51. The molecule has 1 spiro atoms. The van der Waals surface area contributed by atoms with Crippen LogP contribution in [-0.2, 0) is 23.7 Å². The van der Waals surface area contributed by atoms with Crippen LogP contribution in [-0.4, -0.2) is 72.1 Å². The minimum Gasteiger partial charge on any atom is -0.388 e. The van der Waals surface area contributed by atoms with E-state index in [9.17, 15) is 10.2 Å². The van der Waals surface area contributed by atoms with Crippen molar-refractivity contribution >= 4 is 0 Å². The topological polar surface area (TPSA) is 89.9 Å². The molecule has 3 aliphatic rings. The van der Waals surface area contributed by atoms with Gasteiger partial charge in [0.2, 0.25) is 5.79 Å². The van der Waals surface area contributed by atoms with Gasteiger partial charge in [-0.15, -0.1) is 0 Å². The maximum atomic E-state index is 11.6. The molecule has 0 unspecified atom stereocenters. The molecule has 0 amide bonds. The van der Waals surface area contributed by atoms with Crippen molar-refractivity contribution in [1.29, 1.82) is 0 Å². The average molecular weight is 346 g/mol. The van der Waals surface area contributed by atoms with E-state index in [2.05, 4.69) is 13.8 Å². The second-order valence-corrected chi connectivity index (χ2v) is 7.97. The number of methoxy groups -OCH3 is 1. The van der Waals surface area contributed by atoms with Gasteiger partial charge in [0.15, 0.2) is 11.4 Å². The van der Waals surface area contributed by atoms with Gasteiger partial charge >= 0.3 is 0 Å². The van der Waals surface area contributed by atoms with Crippen molar-refractivity contribution in [2.75, 3.05) is 20.3 Å². The molecule has 0 aliphatic carbocycles. The molecule has 7 nitrogen and oxygen atoms in total. The Hall–Kier alpha value is -0.280. The van der Waals surface area contributed by atoms with Gasteiger partial charge in [-0.05, 0) is 32.6 Å². The predicted molar refractivity (Wildman–Crippen MR) is 84.3 cm³/mol. The van der Waals surface area contributed by atoms with E-state index in [0.717, 1.165) is 12.8 Å². The van der Waals surface area contributed by atoms with Crippen LogP contribution in [0.3, 0.4) is 0 Å². The molecule has 0 radical (unpaired) electrons. The highest BCUT2D eigenvalue weighted by Crippen LogP contribution is 2.52. The highest BCUT2D eigenvalue weighted by Gasteiger charge is 2.75. The van der Waals surface area contributed by atoms with Gasteiger partial charge in [-0.2, -0.15) is 0 Å². The molecule has 24 heavy (non-hydrogen) atoms. The molecular formula is C17H30O7. The summed E-state index contributed by atoms with van der Waals surface area (Å²) in [5.74, 6) is -1.75. The Morgan fingerprint density at radius 1 is 1.25 bits per heavy atom. The monoisotopic (exact) mass is 346 g/mol. The Labute approximate surface area is 143 Å². The number of epoxide rings is 1. The molecule has 2 N–H and O–H groups in total. The first kappa shape index (κ1) is 18.5. The van der Waals surface area contributed by atoms with Crippen molar-refractivity contribution in [3.63, 3.8) is 0 Å². The first-order valence-electron chi connectivity index (χ1n) is 8.72. The second kappa shape index (κ2) is 6.16. The van der Waals surface area contributed by atoms with Gasteiger partial charge in [0.05, 0.1) is 12.7 Å². The third-order valence-corrected chi connectivity index (χ3v) is 5.20. The molecular weight excluding hydrogens is 316 g/mol. The number of ether oxygens (including phenoxy) is 5. The minimum atomic E-state index is -1.64. The number of rotatable bonds is 5. The van der Waals surface area contributed by atoms with E-state index in [4.69, 9.17) is 23.7 Å². The van der Waals surface area contributed by atoms with E-state index in [1.54, 1.807) is 13.8 Å². The van der Waals surface area contributed by atoms with Gasteiger partial charge in [0.25, 0.3) is 0 Å². The van der Waals surface area contributed by atoms with Crippen LogP contribution in [0.5, 0.6) is 0 Å². The van der Waals surface area contributed by atoms with Crippen molar-refractivity contribution in [3.05, 3.63) is 0 Å². The fraction of sp³-hybridized carbons (Fsp3) is 1.00. The summed E-state index contributed by atoms with van der Waals surface area (Å²) in [6.45, 7) is 7.89. The summed E-state index contributed by atoms with van der Waals surface area (Å²) in [6, 6.07) is 0. The summed E-state index contributed by atoms with van der Waals surface area (Å²) >= 11 is 0. The average Bonchev–Trinajstić information content (AvgIpc) is 3.21. The smallest absolute Gasteiger partial charge is 0.229 e. The van der Waals surface area contributed by atoms with Crippen LogP contribution in [0, 0.1) is 5.92 Å². The van der Waals surface area contributed by atoms with Crippen LogP contribution < -0.4 is 0 Å². The number of aliphatic hydroxyl groups excluding tert-OH is 1. The number of hydrogen-bond acceptors (Lipinski definition) is 7. The molecule has 0 bridgehead atoms. The molecule has 0 aromatic carbocycles. The molecule has 3 heterocycles.